The molecule has 0 atom stereocenters. The number of fused-ring (bicyclic) bond motifs is 2. The number of anilines is 1. The lowest BCUT2D eigenvalue weighted by molar-refractivity contribution is -0.121. The number of rotatable bonds is 0. The second kappa shape index (κ2) is 3.49. The van der Waals surface area contributed by atoms with Crippen molar-refractivity contribution in [1.82, 2.24) is 0 Å². The fourth-order valence-electron chi connectivity index (χ4n) is 3.07. The van der Waals surface area contributed by atoms with Gasteiger partial charge < -0.3 is 5.32 Å². The predicted molar refractivity (Wildman–Crippen MR) is 72.5 cm³/mol. The molecule has 1 amide bonds. The third-order valence-corrected chi connectivity index (χ3v) is 4.18. The second-order valence-corrected chi connectivity index (χ2v) is 5.34. The molecule has 1 N–H and O–H groups in total. The zero-order chi connectivity index (χ0) is 12.0. The molecule has 0 bridgehead atoms. The third-order valence-electron chi connectivity index (χ3n) is 4.18. The van der Waals surface area contributed by atoms with E-state index < -0.39 is 0 Å². The van der Waals surface area contributed by atoms with Gasteiger partial charge >= 0.3 is 0 Å². The van der Waals surface area contributed by atoms with Crippen molar-refractivity contribution in [3.05, 3.63) is 35.9 Å². The van der Waals surface area contributed by atoms with E-state index >= 15 is 0 Å². The van der Waals surface area contributed by atoms with E-state index in [4.69, 9.17) is 0 Å². The molecule has 1 fully saturated rings. The van der Waals surface area contributed by atoms with Gasteiger partial charge in [-0.1, -0.05) is 29.7 Å². The van der Waals surface area contributed by atoms with Gasteiger partial charge in [-0.2, -0.15) is 0 Å². The molecule has 1 heterocycles. The van der Waals surface area contributed by atoms with Gasteiger partial charge in [0.25, 0.3) is 0 Å². The monoisotopic (exact) mass is 225 g/mol. The average Bonchev–Trinajstić information content (AvgIpc) is 2.55. The molecule has 1 aliphatic carbocycles. The Morgan fingerprint density at radius 3 is 2.71 bits per heavy atom. The zero-order valence-electron chi connectivity index (χ0n) is 10.2. The Morgan fingerprint density at radius 1 is 1.29 bits per heavy atom. The van der Waals surface area contributed by atoms with Crippen molar-refractivity contribution in [1.29, 1.82) is 0 Å². The molecule has 0 radical (unpaired) electrons. The Labute approximate surface area is 103 Å². The van der Waals surface area contributed by atoms with Gasteiger partial charge in [-0.15, -0.1) is 0 Å². The first kappa shape index (κ1) is 10.6. The van der Waals surface area contributed by atoms with Gasteiger partial charge in [-0.3, -0.25) is 4.79 Å². The normalized spacial score (nSPS) is 21.4. The van der Waals surface area contributed by atoms with Crippen LogP contribution in [0.15, 0.2) is 30.4 Å². The van der Waals surface area contributed by atoms with E-state index in [9.17, 15) is 4.79 Å². The summed E-state index contributed by atoms with van der Waals surface area (Å²) < 4.78 is 0. The highest BCUT2D eigenvalue weighted by Crippen LogP contribution is 2.47. The van der Waals surface area contributed by atoms with Crippen molar-refractivity contribution < 1.29 is 4.79 Å². The molecule has 1 aromatic carbocycles. The highest BCUT2D eigenvalue weighted by atomic mass is 16.2. The third kappa shape index (κ3) is 1.45. The molecule has 17 heavy (non-hydrogen) atoms. The fraction of sp³-hybridized carbons (Fsp3) is 0.357. The molecule has 3 heteroatoms. The molecule has 3 rings (SSSR count). The molecule has 1 aliphatic heterocycles. The van der Waals surface area contributed by atoms with Crippen LogP contribution in [0.5, 0.6) is 0 Å². The summed E-state index contributed by atoms with van der Waals surface area (Å²) in [6.45, 7) is 4.03. The summed E-state index contributed by atoms with van der Waals surface area (Å²) in [6, 6.07) is 6.30. The van der Waals surface area contributed by atoms with Crippen molar-refractivity contribution in [2.75, 3.05) is 5.32 Å². The molecule has 1 aromatic rings. The van der Waals surface area contributed by atoms with Crippen LogP contribution < -0.4 is 10.8 Å². The average molecular weight is 225 g/mol. The van der Waals surface area contributed by atoms with E-state index in [-0.39, 0.29) is 11.3 Å². The summed E-state index contributed by atoms with van der Waals surface area (Å²) >= 11 is 0. The van der Waals surface area contributed by atoms with E-state index in [1.807, 2.05) is 0 Å². The van der Waals surface area contributed by atoms with Gasteiger partial charge in [0.2, 0.25) is 5.91 Å². The van der Waals surface area contributed by atoms with E-state index in [0.29, 0.717) is 0 Å². The van der Waals surface area contributed by atoms with Crippen LogP contribution in [0.3, 0.4) is 0 Å². The maximum Gasteiger partial charge on any atom is 0.235 e. The summed E-state index contributed by atoms with van der Waals surface area (Å²) in [6.07, 6.45) is 3.77. The number of amides is 1. The molecular formula is C14H16BNO. The Morgan fingerprint density at radius 2 is 2.00 bits per heavy atom. The minimum atomic E-state index is -0.274. The highest BCUT2D eigenvalue weighted by Gasteiger charge is 2.47. The van der Waals surface area contributed by atoms with E-state index in [0.717, 1.165) is 31.4 Å². The van der Waals surface area contributed by atoms with Crippen molar-refractivity contribution in [2.45, 2.75) is 31.1 Å². The quantitative estimate of drug-likeness (QED) is 0.522. The number of hydrogen-bond donors (Lipinski definition) is 1. The molecule has 1 spiro atoms. The van der Waals surface area contributed by atoms with Crippen LogP contribution in [0, 0.1) is 0 Å². The molecule has 1 saturated carbocycles. The van der Waals surface area contributed by atoms with E-state index in [2.05, 4.69) is 37.9 Å². The predicted octanol–water partition coefficient (Wildman–Crippen LogP) is 1.27. The summed E-state index contributed by atoms with van der Waals surface area (Å²) in [4.78, 5) is 12.3. The molecule has 0 unspecified atom stereocenters. The van der Waals surface area contributed by atoms with Crippen molar-refractivity contribution in [3.63, 3.8) is 0 Å². The van der Waals surface area contributed by atoms with Crippen LogP contribution >= 0.6 is 0 Å². The molecule has 0 aromatic heterocycles. The summed E-state index contributed by atoms with van der Waals surface area (Å²) in [5, 5.41) is 3.04. The molecule has 86 valence electrons. The Hall–Kier alpha value is -1.51. The van der Waals surface area contributed by atoms with Crippen LogP contribution in [0.4, 0.5) is 5.69 Å². The van der Waals surface area contributed by atoms with Gasteiger partial charge in [0, 0.05) is 5.69 Å². The van der Waals surface area contributed by atoms with Gasteiger partial charge in [0.15, 0.2) is 0 Å². The lowest BCUT2D eigenvalue weighted by atomic mass is 9.69. The van der Waals surface area contributed by atoms with Crippen LogP contribution in [0.25, 0.3) is 0 Å². The van der Waals surface area contributed by atoms with E-state index in [1.54, 1.807) is 0 Å². The van der Waals surface area contributed by atoms with E-state index in [1.165, 1.54) is 16.6 Å². The SMILES string of the molecule is Bc1ccc2c(c1)NC(=O)C21CCC(=C)CC1. The highest BCUT2D eigenvalue weighted by molar-refractivity contribution is 6.33. The number of benzene rings is 1. The summed E-state index contributed by atoms with van der Waals surface area (Å²) in [5.74, 6) is 0.186. The first-order valence-corrected chi connectivity index (χ1v) is 6.21. The van der Waals surface area contributed by atoms with Crippen LogP contribution in [-0.4, -0.2) is 13.8 Å². The topological polar surface area (TPSA) is 29.1 Å². The number of nitrogens with one attached hydrogen (secondary N) is 1. The maximum absolute atomic E-state index is 12.3. The van der Waals surface area contributed by atoms with Crippen molar-refractivity contribution >= 4 is 24.9 Å². The zero-order valence-corrected chi connectivity index (χ0v) is 10.2. The summed E-state index contributed by atoms with van der Waals surface area (Å²) in [7, 11) is 2.06. The largest absolute Gasteiger partial charge is 0.325 e. The number of carbonyl (C=O) groups excluding carboxylic acids is 1. The Balaban J connectivity index is 2.07. The molecule has 2 nitrogen and oxygen atoms in total. The number of allylic oxidation sites excluding steroid dienone is 1. The standard InChI is InChI=1S/C14H16BNO/c1-9-4-6-14(7-5-9)11-3-2-10(15)8-12(11)16-13(14)17/h2-3,8H,1,4-7,15H2,(H,16,17). The molecular weight excluding hydrogens is 209 g/mol. The molecule has 0 saturated heterocycles. The first-order chi connectivity index (χ1) is 8.12. The van der Waals surface area contributed by atoms with Crippen molar-refractivity contribution in [3.8, 4) is 0 Å². The van der Waals surface area contributed by atoms with Crippen LogP contribution in [0.2, 0.25) is 0 Å². The minimum Gasteiger partial charge on any atom is -0.325 e. The Bertz CT molecular complexity index is 511. The smallest absolute Gasteiger partial charge is 0.235 e. The number of carbonyl (C=O) groups is 1. The van der Waals surface area contributed by atoms with Gasteiger partial charge in [-0.25, -0.2) is 0 Å². The van der Waals surface area contributed by atoms with Gasteiger partial charge in [-0.05, 0) is 37.3 Å². The van der Waals surface area contributed by atoms with Crippen molar-refractivity contribution in [2.24, 2.45) is 0 Å². The Kier molecular flexibility index (Phi) is 2.18. The van der Waals surface area contributed by atoms with Gasteiger partial charge in [0.1, 0.15) is 7.85 Å². The lowest BCUT2D eigenvalue weighted by Crippen LogP contribution is -2.36. The first-order valence-electron chi connectivity index (χ1n) is 6.21. The van der Waals surface area contributed by atoms with Gasteiger partial charge in [0.05, 0.1) is 5.41 Å². The van der Waals surface area contributed by atoms with Crippen LogP contribution in [-0.2, 0) is 10.2 Å². The molecule has 2 aliphatic rings. The second-order valence-electron chi connectivity index (χ2n) is 5.34. The number of hydrogen-bond acceptors (Lipinski definition) is 1. The summed E-state index contributed by atoms with van der Waals surface area (Å²) in [5.41, 5.74) is 4.41. The fourth-order valence-corrected chi connectivity index (χ4v) is 3.07. The minimum absolute atomic E-state index is 0.186. The lowest BCUT2D eigenvalue weighted by Gasteiger charge is -2.32. The maximum atomic E-state index is 12.3. The van der Waals surface area contributed by atoms with Crippen LogP contribution in [0.1, 0.15) is 31.2 Å².